The van der Waals surface area contributed by atoms with Gasteiger partial charge in [-0.05, 0) is 31.2 Å². The smallest absolute Gasteiger partial charge is 0.150 e. The van der Waals surface area contributed by atoms with Gasteiger partial charge in [-0.3, -0.25) is 0 Å². The first-order valence-corrected chi connectivity index (χ1v) is 9.63. The summed E-state index contributed by atoms with van der Waals surface area (Å²) in [6.07, 6.45) is 3.33. The molecule has 1 N–H and O–H groups in total. The lowest BCUT2D eigenvalue weighted by molar-refractivity contribution is 0.0861. The van der Waals surface area contributed by atoms with E-state index in [1.165, 1.54) is 17.6 Å². The molecule has 1 aliphatic carbocycles. The molecule has 19 heavy (non-hydrogen) atoms. The highest BCUT2D eigenvalue weighted by Gasteiger charge is 2.34. The van der Waals surface area contributed by atoms with Crippen LogP contribution in [0, 0.1) is 5.92 Å². The molecule has 0 saturated heterocycles. The van der Waals surface area contributed by atoms with Crippen LogP contribution in [0.1, 0.15) is 37.4 Å². The summed E-state index contributed by atoms with van der Waals surface area (Å²) in [5.74, 6) is -0.0726. The molecule has 0 bridgehead atoms. The van der Waals surface area contributed by atoms with Crippen LogP contribution in [0.25, 0.3) is 0 Å². The van der Waals surface area contributed by atoms with E-state index in [1.54, 1.807) is 6.07 Å². The first-order chi connectivity index (χ1) is 8.79. The van der Waals surface area contributed by atoms with Crippen molar-refractivity contribution in [3.05, 3.63) is 20.3 Å². The summed E-state index contributed by atoms with van der Waals surface area (Å²) in [4.78, 5) is 0. The molecule has 1 aliphatic rings. The van der Waals surface area contributed by atoms with E-state index in [9.17, 15) is 13.5 Å². The molecule has 0 spiro atoms. The third-order valence-electron chi connectivity index (χ3n) is 3.72. The highest BCUT2D eigenvalue weighted by atomic mass is 35.5. The lowest BCUT2D eigenvalue weighted by Crippen LogP contribution is -2.30. The SMILES string of the molecule is CS(=O)(=O)C1CCCC(C(O)c2cc(Cl)sc2Cl)C1. The van der Waals surface area contributed by atoms with Crippen molar-refractivity contribution >= 4 is 44.4 Å². The molecular formula is C12H16Cl2O3S2. The number of rotatable bonds is 3. The molecular weight excluding hydrogens is 327 g/mol. The van der Waals surface area contributed by atoms with Crippen LogP contribution in [0.15, 0.2) is 6.07 Å². The third-order valence-corrected chi connectivity index (χ3v) is 6.88. The summed E-state index contributed by atoms with van der Waals surface area (Å²) in [5, 5.41) is 10.0. The Labute approximate surface area is 127 Å². The Kier molecular flexibility index (Phi) is 4.83. The number of hydrogen-bond acceptors (Lipinski definition) is 4. The Balaban J connectivity index is 2.15. The number of sulfone groups is 1. The van der Waals surface area contributed by atoms with Crippen LogP contribution in [0.3, 0.4) is 0 Å². The number of aliphatic hydroxyl groups excluding tert-OH is 1. The number of aliphatic hydroxyl groups is 1. The summed E-state index contributed by atoms with van der Waals surface area (Å²) >= 11 is 13.1. The minimum atomic E-state index is -3.05. The Morgan fingerprint density at radius 1 is 1.42 bits per heavy atom. The maximum Gasteiger partial charge on any atom is 0.150 e. The van der Waals surface area contributed by atoms with E-state index in [4.69, 9.17) is 23.2 Å². The summed E-state index contributed by atoms with van der Waals surface area (Å²) in [7, 11) is -3.05. The molecule has 0 aromatic carbocycles. The zero-order valence-corrected chi connectivity index (χ0v) is 13.6. The van der Waals surface area contributed by atoms with Gasteiger partial charge in [0.25, 0.3) is 0 Å². The molecule has 108 valence electrons. The van der Waals surface area contributed by atoms with E-state index < -0.39 is 15.9 Å². The molecule has 3 nitrogen and oxygen atoms in total. The minimum absolute atomic E-state index is 0.0726. The van der Waals surface area contributed by atoms with Gasteiger partial charge in [0.1, 0.15) is 14.2 Å². The van der Waals surface area contributed by atoms with Crippen molar-refractivity contribution in [2.75, 3.05) is 6.26 Å². The van der Waals surface area contributed by atoms with Crippen molar-refractivity contribution in [1.29, 1.82) is 0 Å². The van der Waals surface area contributed by atoms with Gasteiger partial charge < -0.3 is 5.11 Å². The second kappa shape index (κ2) is 5.90. The second-order valence-corrected chi connectivity index (χ2v) is 9.71. The van der Waals surface area contributed by atoms with Crippen molar-refractivity contribution in [3.63, 3.8) is 0 Å². The molecule has 0 radical (unpaired) electrons. The first-order valence-electron chi connectivity index (χ1n) is 6.10. The van der Waals surface area contributed by atoms with Gasteiger partial charge in [0.05, 0.1) is 15.7 Å². The maximum atomic E-state index is 11.6. The van der Waals surface area contributed by atoms with Crippen LogP contribution >= 0.6 is 34.5 Å². The molecule has 1 aromatic rings. The van der Waals surface area contributed by atoms with Crippen molar-refractivity contribution in [3.8, 4) is 0 Å². The molecule has 1 fully saturated rings. The van der Waals surface area contributed by atoms with Gasteiger partial charge in [0.15, 0.2) is 0 Å². The van der Waals surface area contributed by atoms with Crippen LogP contribution in [-0.2, 0) is 9.84 Å². The highest BCUT2D eigenvalue weighted by molar-refractivity contribution is 7.91. The second-order valence-electron chi connectivity index (χ2n) is 5.10. The van der Waals surface area contributed by atoms with Crippen LogP contribution in [0.2, 0.25) is 8.67 Å². The van der Waals surface area contributed by atoms with Crippen LogP contribution in [0.4, 0.5) is 0 Å². The van der Waals surface area contributed by atoms with Gasteiger partial charge in [0.2, 0.25) is 0 Å². The van der Waals surface area contributed by atoms with E-state index in [2.05, 4.69) is 0 Å². The fourth-order valence-electron chi connectivity index (χ4n) is 2.67. The first kappa shape index (κ1) is 15.6. The molecule has 1 heterocycles. The van der Waals surface area contributed by atoms with E-state index in [1.807, 2.05) is 0 Å². The summed E-state index contributed by atoms with van der Waals surface area (Å²) in [6.45, 7) is 0. The average Bonchev–Trinajstić information content (AvgIpc) is 2.66. The standard InChI is InChI=1S/C12H16Cl2O3S2/c1-19(16,17)8-4-2-3-7(5-8)11(15)9-6-10(13)18-12(9)14/h6-8,11,15H,2-5H2,1H3. The summed E-state index contributed by atoms with van der Waals surface area (Å²) in [5.41, 5.74) is 0.621. The molecule has 1 saturated carbocycles. The number of thiophene rings is 1. The van der Waals surface area contributed by atoms with Crippen molar-refractivity contribution in [2.45, 2.75) is 37.0 Å². The van der Waals surface area contributed by atoms with Crippen LogP contribution in [0.5, 0.6) is 0 Å². The molecule has 7 heteroatoms. The fraction of sp³-hybridized carbons (Fsp3) is 0.667. The quantitative estimate of drug-likeness (QED) is 0.911. The predicted molar refractivity (Wildman–Crippen MR) is 79.9 cm³/mol. The van der Waals surface area contributed by atoms with E-state index in [0.717, 1.165) is 12.8 Å². The van der Waals surface area contributed by atoms with Crippen molar-refractivity contribution in [1.82, 2.24) is 0 Å². The molecule has 0 amide bonds. The number of halogens is 2. The fourth-order valence-corrected chi connectivity index (χ4v) is 5.39. The van der Waals surface area contributed by atoms with Crippen LogP contribution in [-0.4, -0.2) is 25.0 Å². The Morgan fingerprint density at radius 3 is 2.63 bits per heavy atom. The van der Waals surface area contributed by atoms with Gasteiger partial charge in [-0.25, -0.2) is 8.42 Å². The van der Waals surface area contributed by atoms with Gasteiger partial charge in [0, 0.05) is 11.8 Å². The van der Waals surface area contributed by atoms with Gasteiger partial charge in [-0.1, -0.05) is 29.6 Å². The largest absolute Gasteiger partial charge is 0.388 e. The molecule has 1 aromatic heterocycles. The lowest BCUT2D eigenvalue weighted by Gasteiger charge is -2.31. The zero-order valence-electron chi connectivity index (χ0n) is 10.5. The Bertz CT molecular complexity index is 553. The maximum absolute atomic E-state index is 11.6. The topological polar surface area (TPSA) is 54.4 Å². The van der Waals surface area contributed by atoms with Crippen molar-refractivity contribution in [2.24, 2.45) is 5.92 Å². The predicted octanol–water partition coefficient (Wildman–Crippen LogP) is 3.69. The normalized spacial score (nSPS) is 26.3. The number of hydrogen-bond donors (Lipinski definition) is 1. The molecule has 2 rings (SSSR count). The van der Waals surface area contributed by atoms with Gasteiger partial charge >= 0.3 is 0 Å². The van der Waals surface area contributed by atoms with Crippen molar-refractivity contribution < 1.29 is 13.5 Å². The van der Waals surface area contributed by atoms with E-state index >= 15 is 0 Å². The zero-order chi connectivity index (χ0) is 14.2. The van der Waals surface area contributed by atoms with Gasteiger partial charge in [-0.15, -0.1) is 11.3 Å². The average molecular weight is 343 g/mol. The lowest BCUT2D eigenvalue weighted by atomic mass is 9.83. The Hall–Kier alpha value is 0.190. The third kappa shape index (κ3) is 3.64. The van der Waals surface area contributed by atoms with Crippen LogP contribution < -0.4 is 0 Å². The molecule has 0 aliphatic heterocycles. The highest BCUT2D eigenvalue weighted by Crippen LogP contribution is 2.42. The molecule has 3 unspecified atom stereocenters. The summed E-state index contributed by atoms with van der Waals surface area (Å²) < 4.78 is 24.3. The van der Waals surface area contributed by atoms with E-state index in [-0.39, 0.29) is 11.2 Å². The Morgan fingerprint density at radius 2 is 2.11 bits per heavy atom. The molecule has 3 atom stereocenters. The monoisotopic (exact) mass is 342 g/mol. The van der Waals surface area contributed by atoms with E-state index in [0.29, 0.717) is 27.1 Å². The van der Waals surface area contributed by atoms with Gasteiger partial charge in [-0.2, -0.15) is 0 Å². The summed E-state index contributed by atoms with van der Waals surface area (Å²) in [6, 6.07) is 1.67. The minimum Gasteiger partial charge on any atom is -0.388 e.